The van der Waals surface area contributed by atoms with Crippen molar-refractivity contribution in [1.29, 1.82) is 0 Å². The number of rotatable bonds is 5. The zero-order valence-corrected chi connectivity index (χ0v) is 11.8. The first-order valence-corrected chi connectivity index (χ1v) is 6.58. The third kappa shape index (κ3) is 2.91. The minimum absolute atomic E-state index is 0.593. The lowest BCUT2D eigenvalue weighted by Crippen LogP contribution is -2.11. The third-order valence-corrected chi connectivity index (χ3v) is 3.20. The molecule has 0 bridgehead atoms. The quantitative estimate of drug-likeness (QED) is 0.916. The average Bonchev–Trinajstić information content (AvgIpc) is 2.82. The molecule has 0 saturated carbocycles. The van der Waals surface area contributed by atoms with Crippen LogP contribution in [-0.4, -0.2) is 22.0 Å². The summed E-state index contributed by atoms with van der Waals surface area (Å²) >= 11 is 5.86. The Balaban J connectivity index is 2.38. The molecule has 0 radical (unpaired) electrons. The normalized spacial score (nSPS) is 12.4. The van der Waals surface area contributed by atoms with Gasteiger partial charge in [0.1, 0.15) is 11.8 Å². The van der Waals surface area contributed by atoms with Gasteiger partial charge in [0, 0.05) is 11.6 Å². The van der Waals surface area contributed by atoms with Crippen LogP contribution in [-0.2, 0) is 6.54 Å². The van der Waals surface area contributed by atoms with Gasteiger partial charge in [0.2, 0.25) is 0 Å². The van der Waals surface area contributed by atoms with Gasteiger partial charge in [-0.05, 0) is 24.1 Å². The summed E-state index contributed by atoms with van der Waals surface area (Å²) in [4.78, 5) is 0. The van der Waals surface area contributed by atoms with Gasteiger partial charge in [-0.1, -0.05) is 30.7 Å². The Labute approximate surface area is 117 Å². The molecule has 0 amide bonds. The fraction of sp³-hybridized carbons (Fsp3) is 0.357. The van der Waals surface area contributed by atoms with Crippen molar-refractivity contribution in [2.45, 2.75) is 26.0 Å². The van der Waals surface area contributed by atoms with Crippen LogP contribution < -0.4 is 4.74 Å². The lowest BCUT2D eigenvalue weighted by atomic mass is 10.1. The highest BCUT2D eigenvalue weighted by Crippen LogP contribution is 2.30. The molecule has 0 fully saturated rings. The molecule has 1 heterocycles. The van der Waals surface area contributed by atoms with E-state index in [0.29, 0.717) is 16.5 Å². The fourth-order valence-electron chi connectivity index (χ4n) is 2.00. The van der Waals surface area contributed by atoms with Crippen LogP contribution in [0, 0.1) is 0 Å². The van der Waals surface area contributed by atoms with Crippen LogP contribution in [0.4, 0.5) is 0 Å². The molecular formula is C14H17ClN2O2. The highest BCUT2D eigenvalue weighted by atomic mass is 35.5. The van der Waals surface area contributed by atoms with Crippen molar-refractivity contribution in [2.24, 2.45) is 0 Å². The summed E-state index contributed by atoms with van der Waals surface area (Å²) in [6.45, 7) is 2.80. The molecule has 0 aliphatic carbocycles. The second-order valence-corrected chi connectivity index (χ2v) is 4.71. The standard InChI is InChI=1S/C14H17ClN2O2/c1-3-8-17-13(12(19-2)9-16-17)14(18)10-4-6-11(15)7-5-10/h4-7,9,14,18H,3,8H2,1-2H3. The first kappa shape index (κ1) is 13.9. The zero-order valence-electron chi connectivity index (χ0n) is 11.0. The maximum atomic E-state index is 10.5. The Morgan fingerprint density at radius 3 is 2.63 bits per heavy atom. The van der Waals surface area contributed by atoms with E-state index >= 15 is 0 Å². The average molecular weight is 281 g/mol. The van der Waals surface area contributed by atoms with E-state index in [2.05, 4.69) is 12.0 Å². The SMILES string of the molecule is CCCn1ncc(OC)c1C(O)c1ccc(Cl)cc1. The molecule has 1 N–H and O–H groups in total. The first-order valence-electron chi connectivity index (χ1n) is 6.20. The van der Waals surface area contributed by atoms with Gasteiger partial charge in [0.15, 0.2) is 5.75 Å². The molecule has 102 valence electrons. The number of hydrogen-bond acceptors (Lipinski definition) is 3. The number of methoxy groups -OCH3 is 1. The summed E-state index contributed by atoms with van der Waals surface area (Å²) in [5, 5.41) is 15.4. The molecule has 0 spiro atoms. The minimum atomic E-state index is -0.777. The van der Waals surface area contributed by atoms with Gasteiger partial charge < -0.3 is 9.84 Å². The molecule has 5 heteroatoms. The van der Waals surface area contributed by atoms with Crippen molar-refractivity contribution < 1.29 is 9.84 Å². The van der Waals surface area contributed by atoms with Crippen LogP contribution >= 0.6 is 11.6 Å². The predicted molar refractivity (Wildman–Crippen MR) is 74.6 cm³/mol. The molecule has 2 rings (SSSR count). The maximum absolute atomic E-state index is 10.5. The largest absolute Gasteiger partial charge is 0.493 e. The third-order valence-electron chi connectivity index (χ3n) is 2.94. The highest BCUT2D eigenvalue weighted by molar-refractivity contribution is 6.30. The molecule has 19 heavy (non-hydrogen) atoms. The van der Waals surface area contributed by atoms with Gasteiger partial charge in [0.05, 0.1) is 13.3 Å². The van der Waals surface area contributed by atoms with E-state index in [-0.39, 0.29) is 0 Å². The number of ether oxygens (including phenoxy) is 1. The summed E-state index contributed by atoms with van der Waals surface area (Å²) in [6.07, 6.45) is 1.79. The zero-order chi connectivity index (χ0) is 13.8. The van der Waals surface area contributed by atoms with E-state index in [9.17, 15) is 5.11 Å². The number of benzene rings is 1. The van der Waals surface area contributed by atoms with E-state index < -0.39 is 6.10 Å². The Morgan fingerprint density at radius 2 is 2.05 bits per heavy atom. The monoisotopic (exact) mass is 280 g/mol. The van der Waals surface area contributed by atoms with Gasteiger partial charge in [0.25, 0.3) is 0 Å². The number of aliphatic hydroxyl groups is 1. The second-order valence-electron chi connectivity index (χ2n) is 4.28. The molecule has 4 nitrogen and oxygen atoms in total. The summed E-state index contributed by atoms with van der Waals surface area (Å²) in [5.41, 5.74) is 1.44. The van der Waals surface area contributed by atoms with Gasteiger partial charge in [-0.2, -0.15) is 5.10 Å². The topological polar surface area (TPSA) is 47.3 Å². The number of aliphatic hydroxyl groups excluding tert-OH is 1. The molecular weight excluding hydrogens is 264 g/mol. The van der Waals surface area contributed by atoms with E-state index in [4.69, 9.17) is 16.3 Å². The van der Waals surface area contributed by atoms with Crippen LogP contribution in [0.15, 0.2) is 30.5 Å². The van der Waals surface area contributed by atoms with Crippen LogP contribution in [0.5, 0.6) is 5.75 Å². The lowest BCUT2D eigenvalue weighted by Gasteiger charge is -2.15. The van der Waals surface area contributed by atoms with Gasteiger partial charge in [-0.3, -0.25) is 4.68 Å². The van der Waals surface area contributed by atoms with Crippen LogP contribution in [0.2, 0.25) is 5.02 Å². The summed E-state index contributed by atoms with van der Waals surface area (Å²) in [5.74, 6) is 0.593. The van der Waals surface area contributed by atoms with Crippen molar-refractivity contribution in [3.8, 4) is 5.75 Å². The number of nitrogens with zero attached hydrogens (tertiary/aromatic N) is 2. The highest BCUT2D eigenvalue weighted by Gasteiger charge is 2.21. The minimum Gasteiger partial charge on any atom is -0.493 e. The molecule has 0 aliphatic rings. The molecule has 1 unspecified atom stereocenters. The smallest absolute Gasteiger partial charge is 0.163 e. The van der Waals surface area contributed by atoms with E-state index in [1.807, 2.05) is 0 Å². The van der Waals surface area contributed by atoms with Gasteiger partial charge in [-0.25, -0.2) is 0 Å². The van der Waals surface area contributed by atoms with Crippen LogP contribution in [0.25, 0.3) is 0 Å². The molecule has 1 atom stereocenters. The van der Waals surface area contributed by atoms with Gasteiger partial charge >= 0.3 is 0 Å². The molecule has 1 aromatic heterocycles. The Morgan fingerprint density at radius 1 is 1.37 bits per heavy atom. The number of aromatic nitrogens is 2. The molecule has 2 aromatic rings. The number of hydrogen-bond donors (Lipinski definition) is 1. The fourth-order valence-corrected chi connectivity index (χ4v) is 2.13. The lowest BCUT2D eigenvalue weighted by molar-refractivity contribution is 0.202. The van der Waals surface area contributed by atoms with E-state index in [1.165, 1.54) is 0 Å². The molecule has 0 saturated heterocycles. The summed E-state index contributed by atoms with van der Waals surface area (Å²) in [7, 11) is 1.57. The van der Waals surface area contributed by atoms with Crippen molar-refractivity contribution in [1.82, 2.24) is 9.78 Å². The Kier molecular flexibility index (Phi) is 4.45. The molecule has 0 aliphatic heterocycles. The van der Waals surface area contributed by atoms with E-state index in [1.54, 1.807) is 42.3 Å². The van der Waals surface area contributed by atoms with Crippen LogP contribution in [0.3, 0.4) is 0 Å². The first-order chi connectivity index (χ1) is 9.17. The number of aryl methyl sites for hydroxylation is 1. The number of halogens is 1. The van der Waals surface area contributed by atoms with Crippen molar-refractivity contribution in [3.63, 3.8) is 0 Å². The van der Waals surface area contributed by atoms with Crippen molar-refractivity contribution in [2.75, 3.05) is 7.11 Å². The van der Waals surface area contributed by atoms with Crippen molar-refractivity contribution >= 4 is 11.6 Å². The Bertz CT molecular complexity index is 537. The van der Waals surface area contributed by atoms with Gasteiger partial charge in [-0.15, -0.1) is 0 Å². The molecule has 1 aromatic carbocycles. The Hall–Kier alpha value is -1.52. The van der Waals surface area contributed by atoms with Crippen molar-refractivity contribution in [3.05, 3.63) is 46.7 Å². The maximum Gasteiger partial charge on any atom is 0.163 e. The van der Waals surface area contributed by atoms with E-state index in [0.717, 1.165) is 18.5 Å². The second kappa shape index (κ2) is 6.08. The predicted octanol–water partition coefficient (Wildman–Crippen LogP) is 3.04. The van der Waals surface area contributed by atoms with Crippen LogP contribution in [0.1, 0.15) is 30.7 Å². The summed E-state index contributed by atoms with van der Waals surface area (Å²) in [6, 6.07) is 7.12. The summed E-state index contributed by atoms with van der Waals surface area (Å²) < 4.78 is 7.05.